The highest BCUT2D eigenvalue weighted by molar-refractivity contribution is 5.92. The van der Waals surface area contributed by atoms with Gasteiger partial charge in [0.1, 0.15) is 5.75 Å². The molecule has 0 saturated carbocycles. The fourth-order valence-corrected chi connectivity index (χ4v) is 2.91. The summed E-state index contributed by atoms with van der Waals surface area (Å²) in [5.41, 5.74) is 0.511. The SMILES string of the molecule is CCN(CC)C(=O)N1CCN(CC(=O)Nc2ccc(OC(F)F)cc2)CC1. The number of hydrogen-bond acceptors (Lipinski definition) is 4. The number of urea groups is 1. The van der Waals surface area contributed by atoms with Gasteiger partial charge in [0.25, 0.3) is 0 Å². The number of rotatable bonds is 7. The summed E-state index contributed by atoms with van der Waals surface area (Å²) >= 11 is 0. The number of carbonyl (C=O) groups excluding carboxylic acids is 2. The average Bonchev–Trinajstić information content (AvgIpc) is 2.64. The Morgan fingerprint density at radius 1 is 1.11 bits per heavy atom. The number of piperazine rings is 1. The third-order valence-corrected chi connectivity index (χ3v) is 4.41. The number of amides is 3. The molecule has 1 N–H and O–H groups in total. The highest BCUT2D eigenvalue weighted by atomic mass is 19.3. The third kappa shape index (κ3) is 6.35. The van der Waals surface area contributed by atoms with Gasteiger partial charge in [-0.1, -0.05) is 0 Å². The van der Waals surface area contributed by atoms with Crippen molar-refractivity contribution in [1.82, 2.24) is 14.7 Å². The van der Waals surface area contributed by atoms with Crippen LogP contribution in [-0.2, 0) is 4.79 Å². The van der Waals surface area contributed by atoms with Gasteiger partial charge in [-0.2, -0.15) is 8.78 Å². The summed E-state index contributed by atoms with van der Waals surface area (Å²) in [4.78, 5) is 30.1. The molecule has 1 fully saturated rings. The van der Waals surface area contributed by atoms with Gasteiger partial charge in [0, 0.05) is 45.0 Å². The molecule has 0 aromatic heterocycles. The van der Waals surface area contributed by atoms with Crippen molar-refractivity contribution >= 4 is 17.6 Å². The lowest BCUT2D eigenvalue weighted by molar-refractivity contribution is -0.117. The van der Waals surface area contributed by atoms with Gasteiger partial charge in [-0.05, 0) is 38.1 Å². The molecule has 0 atom stereocenters. The predicted molar refractivity (Wildman–Crippen MR) is 98.0 cm³/mol. The molecule has 0 aliphatic carbocycles. The molecule has 1 saturated heterocycles. The summed E-state index contributed by atoms with van der Waals surface area (Å²) in [7, 11) is 0. The van der Waals surface area contributed by atoms with E-state index in [1.807, 2.05) is 23.6 Å². The van der Waals surface area contributed by atoms with Gasteiger partial charge in [0.15, 0.2) is 0 Å². The fourth-order valence-electron chi connectivity index (χ4n) is 2.91. The molecule has 2 rings (SSSR count). The average molecular weight is 384 g/mol. The molecule has 1 aliphatic rings. The Morgan fingerprint density at radius 3 is 2.22 bits per heavy atom. The molecule has 7 nitrogen and oxygen atoms in total. The number of halogens is 2. The van der Waals surface area contributed by atoms with E-state index < -0.39 is 6.61 Å². The Balaban J connectivity index is 1.76. The minimum absolute atomic E-state index is 0.0372. The molecule has 1 heterocycles. The van der Waals surface area contributed by atoms with Crippen LogP contribution < -0.4 is 10.1 Å². The summed E-state index contributed by atoms with van der Waals surface area (Å²) in [5, 5.41) is 2.73. The number of carbonyl (C=O) groups is 2. The number of ether oxygens (including phenoxy) is 1. The minimum Gasteiger partial charge on any atom is -0.435 e. The van der Waals surface area contributed by atoms with Gasteiger partial charge < -0.3 is 19.9 Å². The summed E-state index contributed by atoms with van der Waals surface area (Å²) in [6, 6.07) is 5.81. The molecular formula is C18H26F2N4O3. The summed E-state index contributed by atoms with van der Waals surface area (Å²) < 4.78 is 28.5. The maximum absolute atomic E-state index is 12.3. The predicted octanol–water partition coefficient (Wildman–Crippen LogP) is 2.31. The number of nitrogens with zero attached hydrogens (tertiary/aromatic N) is 3. The van der Waals surface area contributed by atoms with Gasteiger partial charge >= 0.3 is 12.6 Å². The molecule has 1 aliphatic heterocycles. The van der Waals surface area contributed by atoms with Crippen molar-refractivity contribution in [2.45, 2.75) is 20.5 Å². The van der Waals surface area contributed by atoms with Crippen LogP contribution >= 0.6 is 0 Å². The maximum Gasteiger partial charge on any atom is 0.387 e. The third-order valence-electron chi connectivity index (χ3n) is 4.41. The number of hydrogen-bond donors (Lipinski definition) is 1. The van der Waals surface area contributed by atoms with Crippen molar-refractivity contribution in [3.63, 3.8) is 0 Å². The summed E-state index contributed by atoms with van der Waals surface area (Å²) in [6.07, 6.45) is 0. The first kappa shape index (κ1) is 20.9. The van der Waals surface area contributed by atoms with Crippen molar-refractivity contribution in [1.29, 1.82) is 0 Å². The lowest BCUT2D eigenvalue weighted by Gasteiger charge is -2.36. The van der Waals surface area contributed by atoms with Gasteiger partial charge in [-0.3, -0.25) is 9.69 Å². The first-order valence-electron chi connectivity index (χ1n) is 9.03. The van der Waals surface area contributed by atoms with Crippen LogP contribution in [0.25, 0.3) is 0 Å². The van der Waals surface area contributed by atoms with Crippen LogP contribution in [0, 0.1) is 0 Å². The fraction of sp³-hybridized carbons (Fsp3) is 0.556. The molecule has 0 unspecified atom stereocenters. The zero-order chi connectivity index (χ0) is 19.8. The van der Waals surface area contributed by atoms with Crippen LogP contribution in [0.5, 0.6) is 5.75 Å². The second-order valence-corrected chi connectivity index (χ2v) is 6.17. The molecule has 27 heavy (non-hydrogen) atoms. The molecule has 0 spiro atoms. The Kier molecular flexibility index (Phi) is 7.78. The van der Waals surface area contributed by atoms with Crippen LogP contribution in [0.15, 0.2) is 24.3 Å². The van der Waals surface area contributed by atoms with E-state index in [9.17, 15) is 18.4 Å². The second kappa shape index (κ2) is 10.1. The quantitative estimate of drug-likeness (QED) is 0.784. The van der Waals surface area contributed by atoms with E-state index >= 15 is 0 Å². The lowest BCUT2D eigenvalue weighted by Crippen LogP contribution is -2.53. The van der Waals surface area contributed by atoms with Crippen molar-refractivity contribution in [2.24, 2.45) is 0 Å². The van der Waals surface area contributed by atoms with Crippen LogP contribution in [0.4, 0.5) is 19.3 Å². The maximum atomic E-state index is 12.3. The van der Waals surface area contributed by atoms with E-state index in [4.69, 9.17) is 0 Å². The molecular weight excluding hydrogens is 358 g/mol. The first-order chi connectivity index (χ1) is 12.9. The molecule has 150 valence electrons. The molecule has 0 bridgehead atoms. The summed E-state index contributed by atoms with van der Waals surface area (Å²) in [6.45, 7) is 5.02. The number of anilines is 1. The van der Waals surface area contributed by atoms with Crippen molar-refractivity contribution in [2.75, 3.05) is 51.1 Å². The number of benzene rings is 1. The molecule has 1 aromatic rings. The second-order valence-electron chi connectivity index (χ2n) is 6.17. The molecule has 3 amide bonds. The van der Waals surface area contributed by atoms with Gasteiger partial charge in [0.2, 0.25) is 5.91 Å². The van der Waals surface area contributed by atoms with Crippen molar-refractivity contribution < 1.29 is 23.1 Å². The van der Waals surface area contributed by atoms with Crippen LogP contribution in [0.3, 0.4) is 0 Å². The van der Waals surface area contributed by atoms with Crippen LogP contribution in [-0.4, -0.2) is 79.1 Å². The molecule has 0 radical (unpaired) electrons. The Labute approximate surface area is 157 Å². The number of nitrogens with one attached hydrogen (secondary N) is 1. The minimum atomic E-state index is -2.88. The summed E-state index contributed by atoms with van der Waals surface area (Å²) in [5.74, 6) is -0.155. The Bertz CT molecular complexity index is 616. The lowest BCUT2D eigenvalue weighted by atomic mass is 10.3. The van der Waals surface area contributed by atoms with E-state index in [-0.39, 0.29) is 24.2 Å². The molecule has 9 heteroatoms. The smallest absolute Gasteiger partial charge is 0.387 e. The highest BCUT2D eigenvalue weighted by Crippen LogP contribution is 2.17. The van der Waals surface area contributed by atoms with E-state index in [0.29, 0.717) is 45.0 Å². The van der Waals surface area contributed by atoms with E-state index in [0.717, 1.165) is 0 Å². The largest absolute Gasteiger partial charge is 0.435 e. The van der Waals surface area contributed by atoms with E-state index in [1.165, 1.54) is 24.3 Å². The van der Waals surface area contributed by atoms with Crippen molar-refractivity contribution in [3.05, 3.63) is 24.3 Å². The zero-order valence-electron chi connectivity index (χ0n) is 15.7. The topological polar surface area (TPSA) is 65.1 Å². The van der Waals surface area contributed by atoms with Crippen LogP contribution in [0.1, 0.15) is 13.8 Å². The van der Waals surface area contributed by atoms with E-state index in [1.54, 1.807) is 4.90 Å². The van der Waals surface area contributed by atoms with Crippen molar-refractivity contribution in [3.8, 4) is 5.75 Å². The normalized spacial score (nSPS) is 14.9. The number of alkyl halides is 2. The standard InChI is InChI=1S/C18H26F2N4O3/c1-3-23(4-2)18(26)24-11-9-22(10-12-24)13-16(25)21-14-5-7-15(8-6-14)27-17(19)20/h5-8,17H,3-4,9-13H2,1-2H3,(H,21,25). The van der Waals surface area contributed by atoms with Gasteiger partial charge in [-0.25, -0.2) is 4.79 Å². The van der Waals surface area contributed by atoms with Gasteiger partial charge in [-0.15, -0.1) is 0 Å². The highest BCUT2D eigenvalue weighted by Gasteiger charge is 2.24. The zero-order valence-corrected chi connectivity index (χ0v) is 15.7. The Hall–Kier alpha value is -2.42. The molecule has 1 aromatic carbocycles. The Morgan fingerprint density at radius 2 is 1.70 bits per heavy atom. The first-order valence-corrected chi connectivity index (χ1v) is 9.03. The monoisotopic (exact) mass is 384 g/mol. The van der Waals surface area contributed by atoms with Gasteiger partial charge in [0.05, 0.1) is 6.54 Å². The van der Waals surface area contributed by atoms with Crippen LogP contribution in [0.2, 0.25) is 0 Å². The van der Waals surface area contributed by atoms with E-state index in [2.05, 4.69) is 10.1 Å².